The number of nitrogens with zero attached hydrogens (tertiary/aromatic N) is 2. The van der Waals surface area contributed by atoms with Gasteiger partial charge in [-0.05, 0) is 25.5 Å². The number of amides is 1. The molecule has 23 heavy (non-hydrogen) atoms. The molecular formula is C16H23ClN4O2. The second-order valence-electron chi connectivity index (χ2n) is 5.32. The molecule has 0 spiro atoms. The van der Waals surface area contributed by atoms with Gasteiger partial charge in [-0.3, -0.25) is 14.3 Å². The van der Waals surface area contributed by atoms with Crippen molar-refractivity contribution in [1.29, 1.82) is 0 Å². The number of nitrogens with one attached hydrogen (secondary N) is 1. The average Bonchev–Trinajstić information content (AvgIpc) is 2.72. The number of benzene rings is 1. The molecule has 0 radical (unpaired) electrons. The highest BCUT2D eigenvalue weighted by Gasteiger charge is 2.20. The number of hydrogen-bond donors (Lipinski definition) is 2. The van der Waals surface area contributed by atoms with Gasteiger partial charge in [0.05, 0.1) is 17.4 Å². The van der Waals surface area contributed by atoms with E-state index in [2.05, 4.69) is 5.32 Å². The molecule has 0 saturated carbocycles. The molecule has 1 atom stereocenters. The van der Waals surface area contributed by atoms with Crippen LogP contribution in [0.3, 0.4) is 0 Å². The number of anilines is 1. The van der Waals surface area contributed by atoms with Crippen LogP contribution >= 0.6 is 12.4 Å². The number of para-hydroxylation sites is 1. The van der Waals surface area contributed by atoms with Gasteiger partial charge in [0.1, 0.15) is 5.69 Å². The minimum atomic E-state index is -0.603. The van der Waals surface area contributed by atoms with Gasteiger partial charge in [0.25, 0.3) is 5.56 Å². The summed E-state index contributed by atoms with van der Waals surface area (Å²) in [6, 6.07) is 8.69. The Kier molecular flexibility index (Phi) is 6.60. The van der Waals surface area contributed by atoms with Gasteiger partial charge in [0, 0.05) is 7.05 Å². The van der Waals surface area contributed by atoms with E-state index >= 15 is 0 Å². The smallest absolute Gasteiger partial charge is 0.295 e. The zero-order valence-corrected chi connectivity index (χ0v) is 14.4. The van der Waals surface area contributed by atoms with E-state index < -0.39 is 6.04 Å². The average molecular weight is 339 g/mol. The Morgan fingerprint density at radius 3 is 2.48 bits per heavy atom. The zero-order chi connectivity index (χ0) is 16.3. The molecule has 0 aliphatic heterocycles. The van der Waals surface area contributed by atoms with Crippen molar-refractivity contribution in [2.75, 3.05) is 5.32 Å². The molecule has 0 aliphatic rings. The van der Waals surface area contributed by atoms with E-state index in [9.17, 15) is 9.59 Å². The lowest BCUT2D eigenvalue weighted by Gasteiger charge is -2.10. The normalized spacial score (nSPS) is 11.7. The van der Waals surface area contributed by atoms with Gasteiger partial charge in [-0.2, -0.15) is 0 Å². The fourth-order valence-corrected chi connectivity index (χ4v) is 2.37. The summed E-state index contributed by atoms with van der Waals surface area (Å²) in [5.41, 5.74) is 7.26. The summed E-state index contributed by atoms with van der Waals surface area (Å²) < 4.78 is 3.24. The van der Waals surface area contributed by atoms with Crippen LogP contribution in [0.25, 0.3) is 5.69 Å². The molecular weight excluding hydrogens is 316 g/mol. The van der Waals surface area contributed by atoms with E-state index in [4.69, 9.17) is 5.73 Å². The first-order valence-corrected chi connectivity index (χ1v) is 7.37. The molecule has 3 N–H and O–H groups in total. The van der Waals surface area contributed by atoms with Crippen LogP contribution in [0.5, 0.6) is 0 Å². The van der Waals surface area contributed by atoms with E-state index in [1.807, 2.05) is 37.3 Å². The topological polar surface area (TPSA) is 82.1 Å². The predicted octanol–water partition coefficient (Wildman–Crippen LogP) is 1.97. The minimum absolute atomic E-state index is 0. The van der Waals surface area contributed by atoms with E-state index in [1.54, 1.807) is 18.7 Å². The van der Waals surface area contributed by atoms with Crippen molar-refractivity contribution < 1.29 is 4.79 Å². The number of carbonyl (C=O) groups excluding carboxylic acids is 1. The van der Waals surface area contributed by atoms with E-state index in [0.717, 1.165) is 12.1 Å². The van der Waals surface area contributed by atoms with Crippen molar-refractivity contribution in [3.05, 3.63) is 46.4 Å². The van der Waals surface area contributed by atoms with Crippen LogP contribution in [0.2, 0.25) is 0 Å². The molecule has 1 amide bonds. The van der Waals surface area contributed by atoms with Crippen LogP contribution in [0.15, 0.2) is 35.1 Å². The molecule has 2 aromatic rings. The van der Waals surface area contributed by atoms with E-state index in [1.165, 1.54) is 4.68 Å². The maximum atomic E-state index is 12.6. The molecule has 1 heterocycles. The molecule has 1 aromatic heterocycles. The Bertz CT molecular complexity index is 722. The van der Waals surface area contributed by atoms with Crippen LogP contribution < -0.4 is 16.6 Å². The van der Waals surface area contributed by atoms with Gasteiger partial charge >= 0.3 is 0 Å². The molecule has 1 unspecified atom stereocenters. The maximum absolute atomic E-state index is 12.6. The van der Waals surface area contributed by atoms with E-state index in [-0.39, 0.29) is 29.6 Å². The fraction of sp³-hybridized carbons (Fsp3) is 0.375. The lowest BCUT2D eigenvalue weighted by Crippen LogP contribution is -2.36. The van der Waals surface area contributed by atoms with Crippen molar-refractivity contribution in [2.45, 2.75) is 32.7 Å². The second kappa shape index (κ2) is 7.99. The molecule has 7 heteroatoms. The zero-order valence-electron chi connectivity index (χ0n) is 13.6. The lowest BCUT2D eigenvalue weighted by molar-refractivity contribution is -0.117. The summed E-state index contributed by atoms with van der Waals surface area (Å²) in [5.74, 6) is -0.326. The summed E-state index contributed by atoms with van der Waals surface area (Å²) in [6.45, 7) is 3.76. The van der Waals surface area contributed by atoms with Crippen LogP contribution in [0.4, 0.5) is 5.69 Å². The minimum Gasteiger partial charge on any atom is -0.320 e. The molecule has 0 saturated heterocycles. The molecule has 0 fully saturated rings. The van der Waals surface area contributed by atoms with Crippen LogP contribution in [-0.2, 0) is 11.8 Å². The van der Waals surface area contributed by atoms with Gasteiger partial charge in [-0.15, -0.1) is 12.4 Å². The number of carbonyl (C=O) groups is 1. The van der Waals surface area contributed by atoms with Gasteiger partial charge < -0.3 is 11.1 Å². The molecule has 6 nitrogen and oxygen atoms in total. The second-order valence-corrected chi connectivity index (χ2v) is 5.32. The van der Waals surface area contributed by atoms with Gasteiger partial charge in [-0.25, -0.2) is 4.68 Å². The molecule has 0 aliphatic carbocycles. The highest BCUT2D eigenvalue weighted by atomic mass is 35.5. The monoisotopic (exact) mass is 338 g/mol. The van der Waals surface area contributed by atoms with Crippen molar-refractivity contribution >= 4 is 24.0 Å². The molecule has 2 rings (SSSR count). The van der Waals surface area contributed by atoms with Crippen LogP contribution in [0, 0.1) is 6.92 Å². The van der Waals surface area contributed by atoms with E-state index in [0.29, 0.717) is 12.1 Å². The third-order valence-corrected chi connectivity index (χ3v) is 3.74. The number of nitrogens with two attached hydrogens (primary N) is 1. The van der Waals surface area contributed by atoms with Crippen LogP contribution in [-0.4, -0.2) is 21.3 Å². The molecule has 1 aromatic carbocycles. The highest BCUT2D eigenvalue weighted by Crippen LogP contribution is 2.14. The number of aromatic nitrogens is 2. The predicted molar refractivity (Wildman–Crippen MR) is 94.5 cm³/mol. The Morgan fingerprint density at radius 1 is 1.30 bits per heavy atom. The number of halogens is 1. The maximum Gasteiger partial charge on any atom is 0.295 e. The summed E-state index contributed by atoms with van der Waals surface area (Å²) in [5, 5.41) is 2.68. The number of hydrogen-bond acceptors (Lipinski definition) is 3. The Labute approximate surface area is 141 Å². The lowest BCUT2D eigenvalue weighted by atomic mass is 10.1. The fourth-order valence-electron chi connectivity index (χ4n) is 2.37. The third kappa shape index (κ3) is 3.83. The Hall–Kier alpha value is -2.05. The Morgan fingerprint density at radius 2 is 1.91 bits per heavy atom. The first-order chi connectivity index (χ1) is 10.5. The summed E-state index contributed by atoms with van der Waals surface area (Å²) in [4.78, 5) is 24.7. The van der Waals surface area contributed by atoms with Crippen molar-refractivity contribution in [3.8, 4) is 5.69 Å². The van der Waals surface area contributed by atoms with Crippen LogP contribution in [0.1, 0.15) is 25.5 Å². The molecule has 126 valence electrons. The summed E-state index contributed by atoms with van der Waals surface area (Å²) >= 11 is 0. The van der Waals surface area contributed by atoms with Crippen molar-refractivity contribution in [2.24, 2.45) is 12.8 Å². The first-order valence-electron chi connectivity index (χ1n) is 7.37. The van der Waals surface area contributed by atoms with Crippen molar-refractivity contribution in [3.63, 3.8) is 0 Å². The first kappa shape index (κ1) is 19.0. The summed E-state index contributed by atoms with van der Waals surface area (Å²) in [7, 11) is 1.78. The highest BCUT2D eigenvalue weighted by molar-refractivity contribution is 5.95. The quantitative estimate of drug-likeness (QED) is 0.874. The summed E-state index contributed by atoms with van der Waals surface area (Å²) in [6.07, 6.45) is 1.40. The third-order valence-electron chi connectivity index (χ3n) is 3.74. The molecule has 0 bridgehead atoms. The SMILES string of the molecule is CCCC(N)C(=O)Nc1c(C)n(C)n(-c2ccccc2)c1=O.Cl. The van der Waals surface area contributed by atoms with Crippen molar-refractivity contribution in [1.82, 2.24) is 9.36 Å². The van der Waals surface area contributed by atoms with Gasteiger partial charge in [0.2, 0.25) is 5.91 Å². The van der Waals surface area contributed by atoms with Gasteiger partial charge in [0.15, 0.2) is 0 Å². The Balaban J connectivity index is 0.00000264. The standard InChI is InChI=1S/C16H22N4O2.ClH/c1-4-8-13(17)15(21)18-14-11(2)19(3)20(16(14)22)12-9-6-5-7-10-12;/h5-7,9-10,13H,4,8,17H2,1-3H3,(H,18,21);1H. The number of rotatable bonds is 5. The largest absolute Gasteiger partial charge is 0.320 e. The van der Waals surface area contributed by atoms with Gasteiger partial charge in [-0.1, -0.05) is 31.5 Å².